The van der Waals surface area contributed by atoms with Crippen LogP contribution in [0.5, 0.6) is 0 Å². The van der Waals surface area contributed by atoms with Gasteiger partial charge < -0.3 is 5.32 Å². The molecule has 1 aliphatic heterocycles. The first-order valence-corrected chi connectivity index (χ1v) is 6.78. The van der Waals surface area contributed by atoms with Gasteiger partial charge in [-0.15, -0.1) is 11.8 Å². The van der Waals surface area contributed by atoms with Gasteiger partial charge in [-0.05, 0) is 26.0 Å². The van der Waals surface area contributed by atoms with Crippen molar-refractivity contribution in [1.82, 2.24) is 10.2 Å². The first-order valence-electron chi connectivity index (χ1n) is 5.90. The van der Waals surface area contributed by atoms with Gasteiger partial charge in [-0.25, -0.2) is 4.79 Å². The maximum atomic E-state index is 12.1. The van der Waals surface area contributed by atoms with Crippen molar-refractivity contribution in [2.75, 3.05) is 13.1 Å². The fraction of sp³-hybridized carbons (Fsp3) is 0.385. The Morgan fingerprint density at radius 3 is 2.89 bits per heavy atom. The lowest BCUT2D eigenvalue weighted by Crippen LogP contribution is -2.38. The van der Waals surface area contributed by atoms with E-state index in [1.165, 1.54) is 22.2 Å². The van der Waals surface area contributed by atoms with Crippen molar-refractivity contribution in [2.24, 2.45) is 0 Å². The van der Waals surface area contributed by atoms with Crippen LogP contribution in [-0.4, -0.2) is 35.2 Å². The maximum Gasteiger partial charge on any atom is 0.324 e. The summed E-state index contributed by atoms with van der Waals surface area (Å²) in [6, 6.07) is 7.73. The molecule has 1 saturated heterocycles. The van der Waals surface area contributed by atoms with Gasteiger partial charge >= 0.3 is 6.03 Å². The molecule has 1 atom stereocenters. The molecule has 0 spiro atoms. The Morgan fingerprint density at radius 2 is 2.28 bits per heavy atom. The zero-order valence-corrected chi connectivity index (χ0v) is 11.3. The van der Waals surface area contributed by atoms with Gasteiger partial charge in [-0.2, -0.15) is 0 Å². The molecule has 0 radical (unpaired) electrons. The first-order chi connectivity index (χ1) is 8.58. The zero-order chi connectivity index (χ0) is 13.1. The molecule has 0 bridgehead atoms. The quantitative estimate of drug-likeness (QED) is 0.850. The molecule has 96 valence electrons. The summed E-state index contributed by atoms with van der Waals surface area (Å²) in [6.45, 7) is 4.87. The third-order valence-corrected chi connectivity index (χ3v) is 3.85. The van der Waals surface area contributed by atoms with Gasteiger partial charge in [0.05, 0.1) is 5.25 Å². The number of imide groups is 1. The average Bonchev–Trinajstić information content (AvgIpc) is 2.74. The van der Waals surface area contributed by atoms with E-state index in [0.29, 0.717) is 13.1 Å². The molecule has 0 unspecified atom stereocenters. The third-order valence-electron chi connectivity index (χ3n) is 2.77. The maximum absolute atomic E-state index is 12.1. The van der Waals surface area contributed by atoms with Crippen LogP contribution in [0, 0.1) is 6.92 Å². The molecule has 18 heavy (non-hydrogen) atoms. The molecular formula is C13H16N2O2S. The van der Waals surface area contributed by atoms with Crippen LogP contribution >= 0.6 is 11.8 Å². The Hall–Kier alpha value is -1.49. The molecule has 0 aliphatic carbocycles. The highest BCUT2D eigenvalue weighted by Crippen LogP contribution is 2.25. The molecule has 1 aromatic rings. The molecule has 1 N–H and O–H groups in total. The molecule has 1 aromatic carbocycles. The largest absolute Gasteiger partial charge is 0.336 e. The fourth-order valence-electron chi connectivity index (χ4n) is 1.84. The Bertz CT molecular complexity index is 476. The lowest BCUT2D eigenvalue weighted by atomic mass is 10.2. The minimum Gasteiger partial charge on any atom is -0.336 e. The number of rotatable bonds is 3. The molecule has 1 fully saturated rings. The van der Waals surface area contributed by atoms with Crippen LogP contribution < -0.4 is 5.32 Å². The fourth-order valence-corrected chi connectivity index (χ4v) is 2.89. The number of hydrogen-bond acceptors (Lipinski definition) is 3. The molecule has 0 aromatic heterocycles. The molecule has 1 aliphatic rings. The second-order valence-corrected chi connectivity index (χ2v) is 5.71. The van der Waals surface area contributed by atoms with Crippen LogP contribution in [0.3, 0.4) is 0 Å². The van der Waals surface area contributed by atoms with Crippen molar-refractivity contribution in [3.63, 3.8) is 0 Å². The van der Waals surface area contributed by atoms with Crippen LogP contribution in [-0.2, 0) is 4.79 Å². The standard InChI is InChI=1S/C13H16N2O2S/c1-9-4-3-5-11(8-9)18-10(2)12(16)15-7-6-14-13(15)17/h3-5,8,10H,6-7H2,1-2H3,(H,14,17)/t10-/m1/s1. The highest BCUT2D eigenvalue weighted by atomic mass is 32.2. The van der Waals surface area contributed by atoms with E-state index in [0.717, 1.165) is 4.90 Å². The number of benzene rings is 1. The highest BCUT2D eigenvalue weighted by molar-refractivity contribution is 8.00. The Morgan fingerprint density at radius 1 is 1.50 bits per heavy atom. The summed E-state index contributed by atoms with van der Waals surface area (Å²) >= 11 is 1.48. The zero-order valence-electron chi connectivity index (χ0n) is 10.5. The summed E-state index contributed by atoms with van der Waals surface area (Å²) < 4.78 is 0. The predicted octanol–water partition coefficient (Wildman–Crippen LogP) is 2.03. The molecule has 0 saturated carbocycles. The molecular weight excluding hydrogens is 248 g/mol. The van der Waals surface area contributed by atoms with Crippen molar-refractivity contribution >= 4 is 23.7 Å². The second-order valence-electron chi connectivity index (χ2n) is 4.30. The van der Waals surface area contributed by atoms with E-state index in [9.17, 15) is 9.59 Å². The summed E-state index contributed by atoms with van der Waals surface area (Å²) in [7, 11) is 0. The molecule has 2 rings (SSSR count). The molecule has 4 nitrogen and oxygen atoms in total. The van der Waals surface area contributed by atoms with Crippen molar-refractivity contribution in [3.8, 4) is 0 Å². The first kappa shape index (κ1) is 13.0. The van der Waals surface area contributed by atoms with Gasteiger partial charge in [0.15, 0.2) is 0 Å². The number of hydrogen-bond donors (Lipinski definition) is 1. The van der Waals surface area contributed by atoms with E-state index < -0.39 is 0 Å². The number of thioether (sulfide) groups is 1. The summed E-state index contributed by atoms with van der Waals surface area (Å²) in [4.78, 5) is 25.8. The SMILES string of the molecule is Cc1cccc(S[C@H](C)C(=O)N2CCNC2=O)c1. The van der Waals surface area contributed by atoms with Crippen LogP contribution in [0.2, 0.25) is 0 Å². The van der Waals surface area contributed by atoms with E-state index in [2.05, 4.69) is 5.32 Å². The Kier molecular flexibility index (Phi) is 3.91. The van der Waals surface area contributed by atoms with Gasteiger partial charge in [0.2, 0.25) is 5.91 Å². The summed E-state index contributed by atoms with van der Waals surface area (Å²) in [5, 5.41) is 2.38. The number of carbonyl (C=O) groups excluding carboxylic acids is 2. The Labute approximate surface area is 111 Å². The monoisotopic (exact) mass is 264 g/mol. The summed E-state index contributed by atoms with van der Waals surface area (Å²) in [6.07, 6.45) is 0. The minimum absolute atomic E-state index is 0.128. The Balaban J connectivity index is 2.01. The van der Waals surface area contributed by atoms with E-state index in [4.69, 9.17) is 0 Å². The minimum atomic E-state index is -0.281. The van der Waals surface area contributed by atoms with Gasteiger partial charge in [-0.1, -0.05) is 17.7 Å². The van der Waals surface area contributed by atoms with Gasteiger partial charge in [0.1, 0.15) is 0 Å². The van der Waals surface area contributed by atoms with Crippen molar-refractivity contribution < 1.29 is 9.59 Å². The predicted molar refractivity (Wildman–Crippen MR) is 71.6 cm³/mol. The van der Waals surface area contributed by atoms with E-state index in [-0.39, 0.29) is 17.2 Å². The van der Waals surface area contributed by atoms with Crippen LogP contribution in [0.4, 0.5) is 4.79 Å². The van der Waals surface area contributed by atoms with Gasteiger partial charge in [-0.3, -0.25) is 9.69 Å². The van der Waals surface area contributed by atoms with E-state index >= 15 is 0 Å². The van der Waals surface area contributed by atoms with Crippen LogP contribution in [0.1, 0.15) is 12.5 Å². The number of nitrogens with zero attached hydrogens (tertiary/aromatic N) is 1. The molecule has 1 heterocycles. The smallest absolute Gasteiger partial charge is 0.324 e. The number of aryl methyl sites for hydroxylation is 1. The number of nitrogens with one attached hydrogen (secondary N) is 1. The van der Waals surface area contributed by atoms with Crippen molar-refractivity contribution in [1.29, 1.82) is 0 Å². The van der Waals surface area contributed by atoms with E-state index in [1.807, 2.05) is 38.1 Å². The van der Waals surface area contributed by atoms with Crippen LogP contribution in [0.25, 0.3) is 0 Å². The third kappa shape index (κ3) is 2.85. The molecule has 3 amide bonds. The lowest BCUT2D eigenvalue weighted by Gasteiger charge is -2.17. The second kappa shape index (κ2) is 5.44. The number of urea groups is 1. The molecule has 5 heteroatoms. The van der Waals surface area contributed by atoms with Gasteiger partial charge in [0.25, 0.3) is 0 Å². The topological polar surface area (TPSA) is 49.4 Å². The van der Waals surface area contributed by atoms with E-state index in [1.54, 1.807) is 0 Å². The number of amides is 3. The summed E-state index contributed by atoms with van der Waals surface area (Å²) in [5.74, 6) is -0.128. The summed E-state index contributed by atoms with van der Waals surface area (Å²) in [5.41, 5.74) is 1.17. The van der Waals surface area contributed by atoms with Crippen LogP contribution in [0.15, 0.2) is 29.2 Å². The van der Waals surface area contributed by atoms with Gasteiger partial charge in [0, 0.05) is 18.0 Å². The van der Waals surface area contributed by atoms with Crippen molar-refractivity contribution in [3.05, 3.63) is 29.8 Å². The average molecular weight is 264 g/mol. The normalized spacial score (nSPS) is 16.6. The number of carbonyl (C=O) groups is 2. The van der Waals surface area contributed by atoms with Crippen molar-refractivity contribution in [2.45, 2.75) is 24.0 Å². The highest BCUT2D eigenvalue weighted by Gasteiger charge is 2.29. The lowest BCUT2D eigenvalue weighted by molar-refractivity contribution is -0.126.